The lowest BCUT2D eigenvalue weighted by Crippen LogP contribution is -2.30. The minimum Gasteiger partial charge on any atom is -0.352 e. The Morgan fingerprint density at radius 2 is 1.71 bits per heavy atom. The number of halogens is 2. The number of carbonyl (C=O) groups is 1. The zero-order valence-electron chi connectivity index (χ0n) is 14.7. The Kier molecular flexibility index (Phi) is 11.3. The van der Waals surface area contributed by atoms with E-state index >= 15 is 0 Å². The number of nitrogens with one attached hydrogen (secondary N) is 1. The molecule has 1 aromatic rings. The minimum atomic E-state index is 0. The summed E-state index contributed by atoms with van der Waals surface area (Å²) in [5.41, 5.74) is 8.34. The third-order valence-corrected chi connectivity index (χ3v) is 4.63. The number of rotatable bonds is 7. The second-order valence-corrected chi connectivity index (χ2v) is 6.27. The lowest BCUT2D eigenvalue weighted by atomic mass is 10.1. The number of nitrogens with zero attached hydrogens (tertiary/aromatic N) is 1. The van der Waals surface area contributed by atoms with Crippen molar-refractivity contribution in [3.63, 3.8) is 0 Å². The molecule has 0 bridgehead atoms. The maximum atomic E-state index is 12.1. The molecule has 1 fully saturated rings. The molecule has 0 aromatic heterocycles. The highest BCUT2D eigenvalue weighted by Crippen LogP contribution is 2.24. The van der Waals surface area contributed by atoms with Crippen LogP contribution in [-0.4, -0.2) is 29.9 Å². The van der Waals surface area contributed by atoms with Crippen LogP contribution in [0, 0.1) is 5.92 Å². The molecule has 0 radical (unpaired) electrons. The summed E-state index contributed by atoms with van der Waals surface area (Å²) in [5, 5.41) is 3.04. The lowest BCUT2D eigenvalue weighted by molar-refractivity contribution is -0.125. The molecule has 24 heavy (non-hydrogen) atoms. The Morgan fingerprint density at radius 1 is 1.12 bits per heavy atom. The molecule has 0 heterocycles. The molecule has 4 nitrogen and oxygen atoms in total. The molecule has 2 atom stereocenters. The molecule has 3 N–H and O–H groups in total. The number of benzene rings is 1. The summed E-state index contributed by atoms with van der Waals surface area (Å²) in [4.78, 5) is 14.5. The molecule has 1 amide bonds. The summed E-state index contributed by atoms with van der Waals surface area (Å²) in [6, 6.07) is 8.74. The first-order valence-corrected chi connectivity index (χ1v) is 8.45. The molecule has 6 heteroatoms. The molecule has 1 aromatic carbocycles. The topological polar surface area (TPSA) is 58.4 Å². The Bertz CT molecular complexity index is 478. The first-order chi connectivity index (χ1) is 10.6. The third kappa shape index (κ3) is 6.98. The van der Waals surface area contributed by atoms with Crippen molar-refractivity contribution in [2.75, 3.05) is 13.1 Å². The van der Waals surface area contributed by atoms with Gasteiger partial charge < -0.3 is 11.1 Å². The summed E-state index contributed by atoms with van der Waals surface area (Å²) in [7, 11) is 0. The Morgan fingerprint density at radius 3 is 2.21 bits per heavy atom. The predicted molar refractivity (Wildman–Crippen MR) is 105 cm³/mol. The van der Waals surface area contributed by atoms with E-state index in [4.69, 9.17) is 5.73 Å². The van der Waals surface area contributed by atoms with E-state index in [9.17, 15) is 4.79 Å². The normalized spacial score (nSPS) is 19.5. The van der Waals surface area contributed by atoms with Crippen LogP contribution >= 0.6 is 24.8 Å². The fraction of sp³-hybridized carbons (Fsp3) is 0.611. The fourth-order valence-corrected chi connectivity index (χ4v) is 3.06. The lowest BCUT2D eigenvalue weighted by Gasteiger charge is -2.18. The van der Waals surface area contributed by atoms with E-state index in [1.54, 1.807) is 0 Å². The van der Waals surface area contributed by atoms with Crippen molar-refractivity contribution in [1.82, 2.24) is 10.2 Å². The van der Waals surface area contributed by atoms with E-state index in [0.717, 1.165) is 44.5 Å². The smallest absolute Gasteiger partial charge is 0.223 e. The van der Waals surface area contributed by atoms with Gasteiger partial charge in [0.2, 0.25) is 5.91 Å². The van der Waals surface area contributed by atoms with Crippen LogP contribution in [0.3, 0.4) is 0 Å². The van der Waals surface area contributed by atoms with E-state index in [1.807, 2.05) is 0 Å². The molecule has 138 valence electrons. The van der Waals surface area contributed by atoms with Crippen LogP contribution in [0.2, 0.25) is 0 Å². The minimum absolute atomic E-state index is 0. The highest BCUT2D eigenvalue weighted by atomic mass is 35.5. The van der Waals surface area contributed by atoms with E-state index in [2.05, 4.69) is 48.3 Å². The van der Waals surface area contributed by atoms with Crippen molar-refractivity contribution < 1.29 is 4.79 Å². The fourth-order valence-electron chi connectivity index (χ4n) is 3.06. The van der Waals surface area contributed by atoms with Crippen LogP contribution in [0.15, 0.2) is 24.3 Å². The van der Waals surface area contributed by atoms with Crippen molar-refractivity contribution in [2.24, 2.45) is 11.7 Å². The number of hydrogen-bond donors (Lipinski definition) is 2. The molecule has 1 aliphatic carbocycles. The van der Waals surface area contributed by atoms with Crippen LogP contribution < -0.4 is 11.1 Å². The SMILES string of the molecule is CCN(CC)Cc1ccc(CNC(=O)C2CCC(N)C2)cc1.Cl.Cl. The standard InChI is InChI=1S/C18H29N3O.2ClH/c1-3-21(4-2)13-15-7-5-14(6-8-15)12-20-18(22)16-9-10-17(19)11-16;;/h5-8,16-17H,3-4,9-13,19H2,1-2H3,(H,20,22);2*1H. The van der Waals surface area contributed by atoms with Crippen LogP contribution in [0.25, 0.3) is 0 Å². The number of amides is 1. The average Bonchev–Trinajstić information content (AvgIpc) is 2.98. The summed E-state index contributed by atoms with van der Waals surface area (Å²) in [6.07, 6.45) is 2.72. The largest absolute Gasteiger partial charge is 0.352 e. The van der Waals surface area contributed by atoms with Crippen molar-refractivity contribution in [3.05, 3.63) is 35.4 Å². The maximum absolute atomic E-state index is 12.1. The average molecular weight is 376 g/mol. The molecule has 0 spiro atoms. The van der Waals surface area contributed by atoms with Crippen LogP contribution in [-0.2, 0) is 17.9 Å². The third-order valence-electron chi connectivity index (χ3n) is 4.63. The van der Waals surface area contributed by atoms with Gasteiger partial charge in [0.1, 0.15) is 0 Å². The number of nitrogens with two attached hydrogens (primary N) is 1. The van der Waals surface area contributed by atoms with E-state index < -0.39 is 0 Å². The van der Waals surface area contributed by atoms with Crippen molar-refractivity contribution in [3.8, 4) is 0 Å². The quantitative estimate of drug-likeness (QED) is 0.769. The van der Waals surface area contributed by atoms with Crippen molar-refractivity contribution >= 4 is 30.7 Å². The van der Waals surface area contributed by atoms with Gasteiger partial charge in [-0.25, -0.2) is 0 Å². The zero-order valence-corrected chi connectivity index (χ0v) is 16.3. The number of carbonyl (C=O) groups excluding carboxylic acids is 1. The molecule has 0 saturated heterocycles. The second-order valence-electron chi connectivity index (χ2n) is 6.27. The van der Waals surface area contributed by atoms with Crippen molar-refractivity contribution in [2.45, 2.75) is 52.2 Å². The van der Waals surface area contributed by atoms with Gasteiger partial charge in [-0.15, -0.1) is 24.8 Å². The highest BCUT2D eigenvalue weighted by Gasteiger charge is 2.27. The monoisotopic (exact) mass is 375 g/mol. The molecule has 1 saturated carbocycles. The molecule has 1 aliphatic rings. The van der Waals surface area contributed by atoms with Gasteiger partial charge in [0.15, 0.2) is 0 Å². The van der Waals surface area contributed by atoms with Gasteiger partial charge in [-0.3, -0.25) is 9.69 Å². The second kappa shape index (κ2) is 11.7. The van der Waals surface area contributed by atoms with E-state index in [0.29, 0.717) is 6.54 Å². The van der Waals surface area contributed by atoms with E-state index in [1.165, 1.54) is 5.56 Å². The summed E-state index contributed by atoms with van der Waals surface area (Å²) in [6.45, 7) is 8.09. The van der Waals surface area contributed by atoms with Crippen LogP contribution in [0.1, 0.15) is 44.2 Å². The summed E-state index contributed by atoms with van der Waals surface area (Å²) in [5.74, 6) is 0.261. The zero-order chi connectivity index (χ0) is 15.9. The van der Waals surface area contributed by atoms with Crippen LogP contribution in [0.4, 0.5) is 0 Å². The predicted octanol–water partition coefficient (Wildman–Crippen LogP) is 3.12. The highest BCUT2D eigenvalue weighted by molar-refractivity contribution is 5.85. The van der Waals surface area contributed by atoms with Gasteiger partial charge in [-0.2, -0.15) is 0 Å². The Balaban J connectivity index is 0.00000264. The van der Waals surface area contributed by atoms with Gasteiger partial charge in [-0.05, 0) is 43.5 Å². The molecular formula is C18H31Cl2N3O. The van der Waals surface area contributed by atoms with Gasteiger partial charge >= 0.3 is 0 Å². The first kappa shape index (κ1) is 23.2. The molecule has 0 aliphatic heterocycles. The Hall–Kier alpha value is -0.810. The van der Waals surface area contributed by atoms with E-state index in [-0.39, 0.29) is 42.7 Å². The summed E-state index contributed by atoms with van der Waals surface area (Å²) >= 11 is 0. The van der Waals surface area contributed by atoms with Gasteiger partial charge in [0, 0.05) is 25.0 Å². The molecule has 2 rings (SSSR count). The molecule has 2 unspecified atom stereocenters. The first-order valence-electron chi connectivity index (χ1n) is 8.45. The van der Waals surface area contributed by atoms with Gasteiger partial charge in [0.05, 0.1) is 0 Å². The maximum Gasteiger partial charge on any atom is 0.223 e. The van der Waals surface area contributed by atoms with Crippen LogP contribution in [0.5, 0.6) is 0 Å². The molecular weight excluding hydrogens is 345 g/mol. The van der Waals surface area contributed by atoms with Crippen molar-refractivity contribution in [1.29, 1.82) is 0 Å². The summed E-state index contributed by atoms with van der Waals surface area (Å²) < 4.78 is 0. The Labute approximate surface area is 158 Å². The number of hydrogen-bond acceptors (Lipinski definition) is 3. The van der Waals surface area contributed by atoms with Gasteiger partial charge in [-0.1, -0.05) is 38.1 Å². The van der Waals surface area contributed by atoms with Gasteiger partial charge in [0.25, 0.3) is 0 Å².